The molecule has 1 fully saturated rings. The minimum absolute atomic E-state index is 0.0385. The highest BCUT2D eigenvalue weighted by Gasteiger charge is 2.42. The number of rotatable bonds is 5. The molecule has 0 spiro atoms. The zero-order valence-electron chi connectivity index (χ0n) is 16.0. The van der Waals surface area contributed by atoms with Gasteiger partial charge in [0.25, 0.3) is 0 Å². The molecule has 2 N–H and O–H groups in total. The second kappa shape index (κ2) is 7.66. The van der Waals surface area contributed by atoms with Crippen molar-refractivity contribution in [1.29, 1.82) is 0 Å². The van der Waals surface area contributed by atoms with E-state index in [0.29, 0.717) is 26.1 Å². The van der Waals surface area contributed by atoms with Crippen LogP contribution in [-0.4, -0.2) is 30.8 Å². The molecule has 0 aliphatic carbocycles. The standard InChI is InChI=1S/C23H25NO3S/c1-22(26,20-15-17-7-5-6-10-19(17)28-20)16-24-21(25)23(11-13-27-14-12-23)18-8-3-2-4-9-18/h2-10,15,26H,11-14,16H2,1H3,(H,24,25). The number of carbonyl (C=O) groups is 1. The van der Waals surface area contributed by atoms with Crippen molar-refractivity contribution < 1.29 is 14.6 Å². The van der Waals surface area contributed by atoms with Gasteiger partial charge >= 0.3 is 0 Å². The maximum Gasteiger partial charge on any atom is 0.230 e. The number of nitrogens with one attached hydrogen (secondary N) is 1. The first-order valence-corrected chi connectivity index (χ1v) is 10.5. The summed E-state index contributed by atoms with van der Waals surface area (Å²) < 4.78 is 6.65. The predicted octanol–water partition coefficient (Wildman–Crippen LogP) is 3.97. The van der Waals surface area contributed by atoms with Crippen LogP contribution >= 0.6 is 11.3 Å². The molecule has 0 saturated carbocycles. The highest BCUT2D eigenvalue weighted by atomic mass is 32.1. The van der Waals surface area contributed by atoms with Gasteiger partial charge in [0.2, 0.25) is 5.91 Å². The molecule has 146 valence electrons. The van der Waals surface area contributed by atoms with Crippen molar-refractivity contribution in [3.8, 4) is 0 Å². The van der Waals surface area contributed by atoms with Crippen molar-refractivity contribution in [3.05, 3.63) is 71.1 Å². The highest BCUT2D eigenvalue weighted by molar-refractivity contribution is 7.19. The van der Waals surface area contributed by atoms with E-state index >= 15 is 0 Å². The van der Waals surface area contributed by atoms with E-state index in [0.717, 1.165) is 20.5 Å². The van der Waals surface area contributed by atoms with E-state index in [9.17, 15) is 9.90 Å². The molecular weight excluding hydrogens is 370 g/mol. The monoisotopic (exact) mass is 395 g/mol. The van der Waals surface area contributed by atoms with E-state index in [1.54, 1.807) is 18.3 Å². The van der Waals surface area contributed by atoms with Crippen LogP contribution in [0.5, 0.6) is 0 Å². The number of carbonyl (C=O) groups excluding carboxylic acids is 1. The molecule has 2 aromatic carbocycles. The molecule has 1 aromatic heterocycles. The Labute approximate surface area is 169 Å². The van der Waals surface area contributed by atoms with Gasteiger partial charge in [-0.1, -0.05) is 48.5 Å². The van der Waals surface area contributed by atoms with Crippen LogP contribution in [0, 0.1) is 0 Å². The first-order valence-electron chi connectivity index (χ1n) is 9.64. The van der Waals surface area contributed by atoms with Crippen LogP contribution in [-0.2, 0) is 20.5 Å². The van der Waals surface area contributed by atoms with E-state index in [2.05, 4.69) is 5.32 Å². The number of aliphatic hydroxyl groups is 1. The summed E-state index contributed by atoms with van der Waals surface area (Å²) in [7, 11) is 0. The molecule has 1 aliphatic rings. The third-order valence-electron chi connectivity index (χ3n) is 5.66. The molecule has 4 nitrogen and oxygen atoms in total. The summed E-state index contributed by atoms with van der Waals surface area (Å²) >= 11 is 1.57. The number of benzene rings is 2. The molecule has 1 saturated heterocycles. The topological polar surface area (TPSA) is 58.6 Å². The van der Waals surface area contributed by atoms with Crippen molar-refractivity contribution in [2.45, 2.75) is 30.8 Å². The van der Waals surface area contributed by atoms with Crippen LogP contribution in [0.2, 0.25) is 0 Å². The van der Waals surface area contributed by atoms with Gasteiger partial charge in [-0.3, -0.25) is 4.79 Å². The molecule has 1 atom stereocenters. The zero-order valence-corrected chi connectivity index (χ0v) is 16.8. The fourth-order valence-corrected chi connectivity index (χ4v) is 4.99. The average molecular weight is 396 g/mol. The number of fused-ring (bicyclic) bond motifs is 1. The Balaban J connectivity index is 1.54. The Kier molecular flexibility index (Phi) is 5.23. The second-order valence-electron chi connectivity index (χ2n) is 7.67. The van der Waals surface area contributed by atoms with E-state index in [-0.39, 0.29) is 12.5 Å². The summed E-state index contributed by atoms with van der Waals surface area (Å²) in [6, 6.07) is 20.0. The lowest BCUT2D eigenvalue weighted by atomic mass is 9.73. The Morgan fingerprint density at radius 1 is 1.14 bits per heavy atom. The van der Waals surface area contributed by atoms with E-state index < -0.39 is 11.0 Å². The van der Waals surface area contributed by atoms with Gasteiger partial charge < -0.3 is 15.2 Å². The third kappa shape index (κ3) is 3.58. The average Bonchev–Trinajstić information content (AvgIpc) is 3.18. The van der Waals surface area contributed by atoms with Crippen LogP contribution < -0.4 is 5.32 Å². The van der Waals surface area contributed by atoms with Crippen molar-refractivity contribution in [2.75, 3.05) is 19.8 Å². The van der Waals surface area contributed by atoms with Crippen molar-refractivity contribution in [3.63, 3.8) is 0 Å². The Bertz CT molecular complexity index is 925. The fourth-order valence-electron chi connectivity index (χ4n) is 3.88. The normalized spacial score (nSPS) is 18.5. The summed E-state index contributed by atoms with van der Waals surface area (Å²) in [5.41, 5.74) is -0.713. The molecular formula is C23H25NO3S. The molecule has 4 rings (SSSR count). The number of ether oxygens (including phenoxy) is 1. The Morgan fingerprint density at radius 3 is 2.54 bits per heavy atom. The van der Waals surface area contributed by atoms with Crippen LogP contribution in [0.15, 0.2) is 60.7 Å². The van der Waals surface area contributed by atoms with Crippen molar-refractivity contribution in [2.24, 2.45) is 0 Å². The minimum atomic E-state index is -1.12. The van der Waals surface area contributed by atoms with Crippen molar-refractivity contribution >= 4 is 27.3 Å². The molecule has 0 radical (unpaired) electrons. The SMILES string of the molecule is CC(O)(CNC(=O)C1(c2ccccc2)CCOCC1)c1cc2ccccc2s1. The van der Waals surface area contributed by atoms with Gasteiger partial charge in [-0.25, -0.2) is 0 Å². The summed E-state index contributed by atoms with van der Waals surface area (Å²) in [4.78, 5) is 14.2. The predicted molar refractivity (Wildman–Crippen MR) is 113 cm³/mol. The summed E-state index contributed by atoms with van der Waals surface area (Å²) in [5.74, 6) is -0.0385. The molecule has 3 aromatic rings. The summed E-state index contributed by atoms with van der Waals surface area (Å²) in [5, 5.41) is 15.2. The van der Waals surface area contributed by atoms with Gasteiger partial charge in [0.1, 0.15) is 5.60 Å². The molecule has 28 heavy (non-hydrogen) atoms. The van der Waals surface area contributed by atoms with Crippen LogP contribution in [0.4, 0.5) is 0 Å². The van der Waals surface area contributed by atoms with E-state index in [1.165, 1.54) is 0 Å². The minimum Gasteiger partial charge on any atom is -0.383 e. The van der Waals surface area contributed by atoms with Gasteiger partial charge in [0.15, 0.2) is 0 Å². The van der Waals surface area contributed by atoms with Crippen LogP contribution in [0.1, 0.15) is 30.2 Å². The van der Waals surface area contributed by atoms with Gasteiger partial charge in [-0.05, 0) is 42.8 Å². The number of hydrogen-bond donors (Lipinski definition) is 2. The molecule has 1 amide bonds. The fraction of sp³-hybridized carbons (Fsp3) is 0.348. The zero-order chi connectivity index (χ0) is 19.6. The van der Waals surface area contributed by atoms with Crippen LogP contribution in [0.25, 0.3) is 10.1 Å². The van der Waals surface area contributed by atoms with Crippen molar-refractivity contribution in [1.82, 2.24) is 5.32 Å². The largest absolute Gasteiger partial charge is 0.383 e. The number of hydrogen-bond acceptors (Lipinski definition) is 4. The first-order chi connectivity index (χ1) is 13.5. The van der Waals surface area contributed by atoms with Gasteiger partial charge in [0, 0.05) is 22.8 Å². The lowest BCUT2D eigenvalue weighted by Gasteiger charge is -2.37. The smallest absolute Gasteiger partial charge is 0.230 e. The quantitative estimate of drug-likeness (QED) is 0.687. The molecule has 2 heterocycles. The molecule has 0 bridgehead atoms. The van der Waals surface area contributed by atoms with E-state index in [4.69, 9.17) is 4.74 Å². The van der Waals surface area contributed by atoms with Gasteiger partial charge in [-0.2, -0.15) is 0 Å². The molecule has 5 heteroatoms. The second-order valence-corrected chi connectivity index (χ2v) is 8.75. The summed E-state index contributed by atoms with van der Waals surface area (Å²) in [6.07, 6.45) is 1.29. The summed E-state index contributed by atoms with van der Waals surface area (Å²) in [6.45, 7) is 3.06. The lowest BCUT2D eigenvalue weighted by molar-refractivity contribution is -0.131. The lowest BCUT2D eigenvalue weighted by Crippen LogP contribution is -2.50. The highest BCUT2D eigenvalue weighted by Crippen LogP contribution is 2.36. The van der Waals surface area contributed by atoms with Gasteiger partial charge in [0.05, 0.1) is 12.0 Å². The van der Waals surface area contributed by atoms with Crippen LogP contribution in [0.3, 0.4) is 0 Å². The van der Waals surface area contributed by atoms with E-state index in [1.807, 2.05) is 60.7 Å². The van der Waals surface area contributed by atoms with Gasteiger partial charge in [-0.15, -0.1) is 11.3 Å². The Hall–Kier alpha value is -2.21. The number of amides is 1. The maximum atomic E-state index is 13.3. The third-order valence-corrected chi connectivity index (χ3v) is 7.03. The maximum absolute atomic E-state index is 13.3. The molecule has 1 aliphatic heterocycles. The first kappa shape index (κ1) is 19.1. The number of thiophene rings is 1. The molecule has 1 unspecified atom stereocenters. The Morgan fingerprint density at radius 2 is 1.82 bits per heavy atom.